The van der Waals surface area contributed by atoms with Gasteiger partial charge in [-0.15, -0.1) is 0 Å². The Morgan fingerprint density at radius 1 is 0.735 bits per heavy atom. The second kappa shape index (κ2) is 9.72. The third kappa shape index (κ3) is 5.31. The van der Waals surface area contributed by atoms with Crippen LogP contribution < -0.4 is 16.1 Å². The quantitative estimate of drug-likeness (QED) is 0.302. The first-order chi connectivity index (χ1) is 16.2. The molecule has 0 saturated heterocycles. The predicted molar refractivity (Wildman–Crippen MR) is 131 cm³/mol. The Morgan fingerprint density at radius 2 is 1.47 bits per heavy atom. The van der Waals surface area contributed by atoms with Gasteiger partial charge in [0, 0.05) is 31.8 Å². The van der Waals surface area contributed by atoms with Gasteiger partial charge in [-0.3, -0.25) is 19.8 Å². The highest BCUT2D eigenvalue weighted by Gasteiger charge is 2.21. The lowest BCUT2D eigenvalue weighted by Crippen LogP contribution is -2.36. The van der Waals surface area contributed by atoms with E-state index in [9.17, 15) is 18.8 Å². The Bertz CT molecular complexity index is 1430. The molecule has 0 unspecified atom stereocenters. The minimum absolute atomic E-state index is 0.000250. The second-order valence-corrected chi connectivity index (χ2v) is 8.40. The van der Waals surface area contributed by atoms with Crippen LogP contribution in [0.5, 0.6) is 0 Å². The normalized spacial score (nSPS) is 10.7. The summed E-state index contributed by atoms with van der Waals surface area (Å²) < 4.78 is 14.5. The summed E-state index contributed by atoms with van der Waals surface area (Å²) in [6, 6.07) is 15.8. The van der Waals surface area contributed by atoms with Crippen LogP contribution in [0.4, 0.5) is 15.8 Å². The Balaban J connectivity index is 1.64. The summed E-state index contributed by atoms with van der Waals surface area (Å²) in [5.41, 5.74) is 3.22. The van der Waals surface area contributed by atoms with Gasteiger partial charge in [0.1, 0.15) is 11.5 Å². The fourth-order valence-electron chi connectivity index (χ4n) is 3.20. The third-order valence-electron chi connectivity index (χ3n) is 4.62. The number of carbonyl (C=O) groups is 3. The first kappa shape index (κ1) is 23.6. The van der Waals surface area contributed by atoms with Crippen molar-refractivity contribution in [3.63, 3.8) is 0 Å². The van der Waals surface area contributed by atoms with Gasteiger partial charge in [0.2, 0.25) is 0 Å². The van der Waals surface area contributed by atoms with Crippen molar-refractivity contribution in [2.45, 2.75) is 0 Å². The van der Waals surface area contributed by atoms with E-state index in [-0.39, 0.29) is 11.4 Å². The lowest BCUT2D eigenvalue weighted by Gasteiger charge is -2.13. The van der Waals surface area contributed by atoms with E-state index in [0.29, 0.717) is 31.7 Å². The van der Waals surface area contributed by atoms with Crippen LogP contribution in [0.3, 0.4) is 0 Å². The molecule has 4 rings (SSSR count). The molecule has 34 heavy (non-hydrogen) atoms. The highest BCUT2D eigenvalue weighted by atomic mass is 35.5. The topological polar surface area (TPSA) is 92.2 Å². The summed E-state index contributed by atoms with van der Waals surface area (Å²) >= 11 is 18.0. The van der Waals surface area contributed by atoms with Gasteiger partial charge in [0.25, 0.3) is 5.91 Å². The number of nitrogens with one attached hydrogen (secondary N) is 3. The van der Waals surface area contributed by atoms with Crippen LogP contribution in [-0.4, -0.2) is 22.4 Å². The van der Waals surface area contributed by atoms with Gasteiger partial charge in [0.05, 0.1) is 5.52 Å². The zero-order chi connectivity index (χ0) is 24.4. The van der Waals surface area contributed by atoms with Crippen LogP contribution in [0.15, 0.2) is 66.7 Å². The fraction of sp³-hybridized carbons (Fsp3) is 0. The zero-order valence-electron chi connectivity index (χ0n) is 17.0. The summed E-state index contributed by atoms with van der Waals surface area (Å²) in [6.07, 6.45) is 0. The van der Waals surface area contributed by atoms with Crippen molar-refractivity contribution >= 4 is 74.8 Å². The molecule has 0 spiro atoms. The Kier molecular flexibility index (Phi) is 6.74. The number of benzene rings is 3. The summed E-state index contributed by atoms with van der Waals surface area (Å²) in [5, 5.41) is 6.53. The summed E-state index contributed by atoms with van der Waals surface area (Å²) in [7, 11) is 0. The number of amides is 3. The lowest BCUT2D eigenvalue weighted by molar-refractivity contribution is -0.133. The number of aromatic nitrogens is 1. The smallest absolute Gasteiger partial charge is 0.321 e. The van der Waals surface area contributed by atoms with Gasteiger partial charge >= 0.3 is 11.8 Å². The van der Waals surface area contributed by atoms with E-state index in [4.69, 9.17) is 34.8 Å². The maximum Gasteiger partial charge on any atom is 0.328 e. The number of anilines is 2. The molecule has 0 saturated carbocycles. The molecule has 0 aliphatic rings. The lowest BCUT2D eigenvalue weighted by atomic mass is 10.2. The molecule has 0 radical (unpaired) electrons. The van der Waals surface area contributed by atoms with Crippen LogP contribution in [0, 0.1) is 5.82 Å². The first-order valence-corrected chi connectivity index (χ1v) is 10.8. The number of fused-ring (bicyclic) bond motifs is 1. The summed E-state index contributed by atoms with van der Waals surface area (Å²) in [5.74, 6) is -3.34. The number of carbonyl (C=O) groups excluding carboxylic acids is 3. The molecule has 1 heterocycles. The number of hydrogen-bond acceptors (Lipinski definition) is 3. The standard InChI is InChI=1S/C23H14Cl3FN4O3/c24-13-4-5-19-12(6-13)7-20(21(32)29-18-9-14(25)8-15(26)10-18)31(19)30-23(34)22(33)28-17-3-1-2-16(27)11-17/h1-11H,(H,28,33)(H,29,32)(H,30,34). The van der Waals surface area contributed by atoms with E-state index in [2.05, 4.69) is 16.1 Å². The average Bonchev–Trinajstić information content (AvgIpc) is 3.10. The van der Waals surface area contributed by atoms with Crippen LogP contribution in [0.2, 0.25) is 15.1 Å². The molecule has 0 fully saturated rings. The highest BCUT2D eigenvalue weighted by Crippen LogP contribution is 2.26. The zero-order valence-corrected chi connectivity index (χ0v) is 19.3. The monoisotopic (exact) mass is 518 g/mol. The molecule has 3 aromatic carbocycles. The predicted octanol–water partition coefficient (Wildman–Crippen LogP) is 5.70. The van der Waals surface area contributed by atoms with Gasteiger partial charge in [-0.25, -0.2) is 9.07 Å². The molecule has 0 aliphatic heterocycles. The Hall–Kier alpha value is -3.59. The van der Waals surface area contributed by atoms with Crippen LogP contribution in [0.1, 0.15) is 10.5 Å². The summed E-state index contributed by atoms with van der Waals surface area (Å²) in [4.78, 5) is 38.0. The Morgan fingerprint density at radius 3 is 2.18 bits per heavy atom. The molecule has 11 heteroatoms. The molecule has 1 aromatic heterocycles. The highest BCUT2D eigenvalue weighted by molar-refractivity contribution is 6.42. The number of rotatable bonds is 4. The van der Waals surface area contributed by atoms with E-state index in [1.54, 1.807) is 18.2 Å². The molecule has 0 bridgehead atoms. The fourth-order valence-corrected chi connectivity index (χ4v) is 3.91. The molecule has 3 N–H and O–H groups in total. The molecular formula is C23H14Cl3FN4O3. The van der Waals surface area contributed by atoms with Gasteiger partial charge in [-0.05, 0) is 60.7 Å². The van der Waals surface area contributed by atoms with Crippen molar-refractivity contribution in [3.8, 4) is 0 Å². The number of nitrogens with zero attached hydrogens (tertiary/aromatic N) is 1. The maximum atomic E-state index is 13.4. The van der Waals surface area contributed by atoms with Crippen LogP contribution in [0.25, 0.3) is 10.9 Å². The van der Waals surface area contributed by atoms with Crippen LogP contribution >= 0.6 is 34.8 Å². The number of halogens is 4. The van der Waals surface area contributed by atoms with Gasteiger partial charge in [0.15, 0.2) is 0 Å². The van der Waals surface area contributed by atoms with Crippen molar-refractivity contribution in [1.29, 1.82) is 0 Å². The van der Waals surface area contributed by atoms with Crippen molar-refractivity contribution in [1.82, 2.24) is 4.68 Å². The largest absolute Gasteiger partial charge is 0.328 e. The molecule has 172 valence electrons. The molecule has 4 aromatic rings. The molecular weight excluding hydrogens is 506 g/mol. The molecule has 0 aliphatic carbocycles. The third-order valence-corrected chi connectivity index (χ3v) is 5.29. The summed E-state index contributed by atoms with van der Waals surface area (Å²) in [6.45, 7) is 0. The molecule has 3 amide bonds. The van der Waals surface area contributed by atoms with Crippen molar-refractivity contribution < 1.29 is 18.8 Å². The first-order valence-electron chi connectivity index (χ1n) is 9.66. The minimum atomic E-state index is -1.09. The van der Waals surface area contributed by atoms with E-state index in [1.807, 2.05) is 0 Å². The number of hydrogen-bond donors (Lipinski definition) is 3. The van der Waals surface area contributed by atoms with Crippen molar-refractivity contribution in [2.24, 2.45) is 0 Å². The van der Waals surface area contributed by atoms with Crippen molar-refractivity contribution in [2.75, 3.05) is 16.1 Å². The Labute approximate surface area is 207 Å². The van der Waals surface area contributed by atoms with Crippen LogP contribution in [-0.2, 0) is 9.59 Å². The van der Waals surface area contributed by atoms with E-state index < -0.39 is 23.5 Å². The SMILES string of the molecule is O=C(Nc1cccc(F)c1)C(=O)Nn1c(C(=O)Nc2cc(Cl)cc(Cl)c2)cc2cc(Cl)ccc21. The van der Waals surface area contributed by atoms with E-state index in [1.165, 1.54) is 42.5 Å². The minimum Gasteiger partial charge on any atom is -0.321 e. The van der Waals surface area contributed by atoms with Gasteiger partial charge < -0.3 is 10.6 Å². The van der Waals surface area contributed by atoms with E-state index >= 15 is 0 Å². The van der Waals surface area contributed by atoms with Gasteiger partial charge in [-0.1, -0.05) is 40.9 Å². The van der Waals surface area contributed by atoms with E-state index in [0.717, 1.165) is 10.7 Å². The molecule has 0 atom stereocenters. The van der Waals surface area contributed by atoms with Gasteiger partial charge in [-0.2, -0.15) is 0 Å². The molecule has 7 nitrogen and oxygen atoms in total. The average molecular weight is 520 g/mol. The second-order valence-electron chi connectivity index (χ2n) is 7.09. The maximum absolute atomic E-state index is 13.4. The van der Waals surface area contributed by atoms with Crippen molar-refractivity contribution in [3.05, 3.63) is 93.3 Å².